The molecule has 1 aromatic carbocycles. The van der Waals surface area contributed by atoms with E-state index in [0.29, 0.717) is 33.4 Å². The highest BCUT2D eigenvalue weighted by Crippen LogP contribution is 2.36. The van der Waals surface area contributed by atoms with Crippen molar-refractivity contribution in [2.45, 2.75) is 66.6 Å². The van der Waals surface area contributed by atoms with Gasteiger partial charge in [-0.25, -0.2) is 14.2 Å². The Morgan fingerprint density at radius 2 is 1.54 bits per heavy atom. The second-order valence-electron chi connectivity index (χ2n) is 9.66. The van der Waals surface area contributed by atoms with E-state index in [2.05, 4.69) is 5.10 Å². The highest BCUT2D eigenvalue weighted by molar-refractivity contribution is 7.17. The van der Waals surface area contributed by atoms with Crippen LogP contribution in [0.2, 0.25) is 0 Å². The molecule has 0 radical (unpaired) electrons. The molecule has 0 aliphatic carbocycles. The Labute approximate surface area is 208 Å². The summed E-state index contributed by atoms with van der Waals surface area (Å²) in [5.41, 5.74) is 1.12. The molecule has 0 saturated carbocycles. The molecule has 0 bridgehead atoms. The number of carbonyl (C=O) groups is 3. The van der Waals surface area contributed by atoms with Crippen LogP contribution in [0, 0.1) is 0 Å². The van der Waals surface area contributed by atoms with Crippen LogP contribution in [0.25, 0.3) is 32.5 Å². The molecule has 0 amide bonds. The maximum absolute atomic E-state index is 13.2. The second-order valence-corrected chi connectivity index (χ2v) is 10.6. The Hall–Kier alpha value is -3.46. The maximum Gasteiger partial charge on any atom is 0.435 e. The quantitative estimate of drug-likeness (QED) is 0.274. The zero-order chi connectivity index (χ0) is 26.1. The Morgan fingerprint density at radius 3 is 2.14 bits per heavy atom. The Bertz CT molecular complexity index is 1400. The highest BCUT2D eigenvalue weighted by atomic mass is 32.1. The molecular formula is C26H31N3O5S. The topological polar surface area (TPSA) is 92.4 Å². The van der Waals surface area contributed by atoms with Gasteiger partial charge in [-0.05, 0) is 77.3 Å². The normalized spacial score (nSPS) is 11.8. The fourth-order valence-electron chi connectivity index (χ4n) is 3.44. The fraction of sp³-hybridized carbons (Fsp3) is 0.385. The Morgan fingerprint density at radius 1 is 0.914 bits per heavy atom. The summed E-state index contributed by atoms with van der Waals surface area (Å²) >= 11 is 1.40. The van der Waals surface area contributed by atoms with E-state index in [1.165, 1.54) is 20.6 Å². The molecule has 0 spiro atoms. The van der Waals surface area contributed by atoms with Crippen molar-refractivity contribution in [1.29, 1.82) is 0 Å². The summed E-state index contributed by atoms with van der Waals surface area (Å²) in [7, 11) is 0. The van der Waals surface area contributed by atoms with Crippen LogP contribution < -0.4 is 0 Å². The van der Waals surface area contributed by atoms with Crippen molar-refractivity contribution in [1.82, 2.24) is 14.3 Å². The maximum atomic E-state index is 13.2. The summed E-state index contributed by atoms with van der Waals surface area (Å²) in [6, 6.07) is 8.59. The molecule has 186 valence electrons. The second kappa shape index (κ2) is 9.65. The van der Waals surface area contributed by atoms with Crippen molar-refractivity contribution in [3.63, 3.8) is 0 Å². The van der Waals surface area contributed by atoms with Crippen molar-refractivity contribution in [3.05, 3.63) is 41.3 Å². The lowest BCUT2D eigenvalue weighted by atomic mass is 10.2. The van der Waals surface area contributed by atoms with E-state index < -0.39 is 23.4 Å². The number of aldehydes is 1. The number of rotatable bonds is 2. The van der Waals surface area contributed by atoms with E-state index in [0.717, 1.165) is 11.0 Å². The van der Waals surface area contributed by atoms with Gasteiger partial charge in [0.15, 0.2) is 0 Å². The van der Waals surface area contributed by atoms with Crippen LogP contribution in [0.5, 0.6) is 0 Å². The van der Waals surface area contributed by atoms with Gasteiger partial charge in [-0.1, -0.05) is 13.8 Å². The summed E-state index contributed by atoms with van der Waals surface area (Å²) in [5, 5.41) is 7.06. The van der Waals surface area contributed by atoms with Crippen molar-refractivity contribution in [2.24, 2.45) is 0 Å². The predicted octanol–water partition coefficient (Wildman–Crippen LogP) is 7.12. The van der Waals surface area contributed by atoms with E-state index in [9.17, 15) is 14.4 Å². The first kappa shape index (κ1) is 26.2. The molecule has 3 heterocycles. The van der Waals surface area contributed by atoms with Gasteiger partial charge in [0.05, 0.1) is 21.4 Å². The van der Waals surface area contributed by atoms with Gasteiger partial charge < -0.3 is 9.47 Å². The number of carbonyl (C=O) groups excluding carboxylic acids is 3. The molecular weight excluding hydrogens is 466 g/mol. The number of ether oxygens (including phenoxy) is 2. The summed E-state index contributed by atoms with van der Waals surface area (Å²) in [6.45, 7) is 14.7. The fourth-order valence-corrected chi connectivity index (χ4v) is 4.31. The van der Waals surface area contributed by atoms with Crippen molar-refractivity contribution in [3.8, 4) is 11.4 Å². The summed E-state index contributed by atoms with van der Waals surface area (Å²) < 4.78 is 14.5. The molecule has 8 nitrogen and oxygen atoms in total. The van der Waals surface area contributed by atoms with E-state index >= 15 is 0 Å². The van der Waals surface area contributed by atoms with Gasteiger partial charge in [-0.15, -0.1) is 11.3 Å². The van der Waals surface area contributed by atoms with Crippen LogP contribution in [0.3, 0.4) is 0 Å². The number of hydrogen-bond acceptors (Lipinski definition) is 7. The van der Waals surface area contributed by atoms with Gasteiger partial charge in [0.1, 0.15) is 23.2 Å². The minimum atomic E-state index is -0.720. The van der Waals surface area contributed by atoms with E-state index in [4.69, 9.17) is 9.47 Å². The van der Waals surface area contributed by atoms with Crippen molar-refractivity contribution < 1.29 is 23.9 Å². The number of fused-ring (bicyclic) bond motifs is 2. The number of hydrogen-bond donors (Lipinski definition) is 0. The van der Waals surface area contributed by atoms with E-state index in [-0.39, 0.29) is 0 Å². The summed E-state index contributed by atoms with van der Waals surface area (Å²) in [6.07, 6.45) is -0.443. The van der Waals surface area contributed by atoms with E-state index in [1.807, 2.05) is 19.2 Å². The van der Waals surface area contributed by atoms with Gasteiger partial charge in [-0.3, -0.25) is 4.79 Å². The largest absolute Gasteiger partial charge is 0.443 e. The molecule has 0 N–H and O–H groups in total. The molecule has 0 saturated heterocycles. The lowest BCUT2D eigenvalue weighted by molar-refractivity contribution is 0.0520. The van der Waals surface area contributed by atoms with Gasteiger partial charge in [0.2, 0.25) is 0 Å². The first-order valence-electron chi connectivity index (χ1n) is 11.4. The number of nitrogens with zero attached hydrogens (tertiary/aromatic N) is 3. The third kappa shape index (κ3) is 5.45. The van der Waals surface area contributed by atoms with Gasteiger partial charge in [-0.2, -0.15) is 9.78 Å². The third-order valence-corrected chi connectivity index (χ3v) is 5.54. The molecule has 0 aliphatic rings. The molecule has 35 heavy (non-hydrogen) atoms. The van der Waals surface area contributed by atoms with Crippen LogP contribution in [0.4, 0.5) is 9.59 Å². The van der Waals surface area contributed by atoms with Crippen LogP contribution in [0.1, 0.15) is 65.7 Å². The van der Waals surface area contributed by atoms with Gasteiger partial charge in [0, 0.05) is 10.9 Å². The van der Waals surface area contributed by atoms with Crippen molar-refractivity contribution in [2.75, 3.05) is 0 Å². The lowest BCUT2D eigenvalue weighted by Crippen LogP contribution is -2.28. The lowest BCUT2D eigenvalue weighted by Gasteiger charge is -2.20. The average Bonchev–Trinajstić information content (AvgIpc) is 3.45. The number of aromatic nitrogens is 3. The molecule has 0 fully saturated rings. The predicted molar refractivity (Wildman–Crippen MR) is 139 cm³/mol. The van der Waals surface area contributed by atoms with Gasteiger partial charge >= 0.3 is 12.2 Å². The van der Waals surface area contributed by atoms with Crippen molar-refractivity contribution >= 4 is 50.9 Å². The molecule has 9 heteroatoms. The summed E-state index contributed by atoms with van der Waals surface area (Å²) in [4.78, 5) is 37.4. The zero-order valence-electron chi connectivity index (χ0n) is 21.3. The zero-order valence-corrected chi connectivity index (χ0v) is 22.1. The third-order valence-electron chi connectivity index (χ3n) is 4.63. The molecule has 4 aromatic rings. The van der Waals surface area contributed by atoms with Crippen LogP contribution in [-0.2, 0) is 9.47 Å². The minimum Gasteiger partial charge on any atom is -0.443 e. The van der Waals surface area contributed by atoms with Gasteiger partial charge in [0.25, 0.3) is 0 Å². The summed E-state index contributed by atoms with van der Waals surface area (Å²) in [5.74, 6) is 0. The minimum absolute atomic E-state index is 0.445. The Kier molecular flexibility index (Phi) is 7.21. The molecule has 4 rings (SSSR count). The SMILES string of the molecule is CC.CC(C)(C)OC(=O)n1nc(-c2cc3cc(C=O)ccc3n2C(=O)OC(C)(C)C)c2sccc21. The molecule has 0 unspecified atom stereocenters. The Balaban J connectivity index is 0.00000167. The smallest absolute Gasteiger partial charge is 0.435 e. The number of benzene rings is 1. The molecule has 0 aliphatic heterocycles. The van der Waals surface area contributed by atoms with Crippen LogP contribution in [-0.4, -0.2) is 44.0 Å². The van der Waals surface area contributed by atoms with Crippen LogP contribution in [0.15, 0.2) is 35.7 Å². The molecule has 0 atom stereocenters. The first-order valence-corrected chi connectivity index (χ1v) is 12.3. The number of thiophene rings is 1. The molecule has 3 aromatic heterocycles. The average molecular weight is 498 g/mol. The highest BCUT2D eigenvalue weighted by Gasteiger charge is 2.28. The monoisotopic (exact) mass is 497 g/mol. The van der Waals surface area contributed by atoms with Crippen LogP contribution >= 0.6 is 11.3 Å². The van der Waals surface area contributed by atoms with E-state index in [1.54, 1.807) is 71.9 Å². The first-order chi connectivity index (χ1) is 16.4. The standard InChI is InChI=1S/C24H25N3O5S.C2H6/c1-23(2,3)31-21(29)26-16-8-7-14(13-28)11-15(16)12-18(26)19-20-17(9-10-33-20)27(25-19)22(30)32-24(4,5)6;1-2/h7-13H,1-6H3;1-2H3.